The molecule has 0 bridgehead atoms. The fraction of sp³-hybridized carbons (Fsp3) is 0.765. The van der Waals surface area contributed by atoms with Crippen molar-refractivity contribution in [2.24, 2.45) is 11.8 Å². The third-order valence-corrected chi connectivity index (χ3v) is 4.95. The molecular formula is C17H28N4O4S. The molecule has 1 aliphatic rings. The van der Waals surface area contributed by atoms with Crippen molar-refractivity contribution >= 4 is 23.5 Å². The van der Waals surface area contributed by atoms with E-state index in [1.54, 1.807) is 0 Å². The molecule has 26 heavy (non-hydrogen) atoms. The van der Waals surface area contributed by atoms with Gasteiger partial charge in [-0.3, -0.25) is 9.59 Å². The maximum absolute atomic E-state index is 12.8. The lowest BCUT2D eigenvalue weighted by Gasteiger charge is -2.24. The molecule has 0 spiro atoms. The SMILES string of the molecule is CNCCSc1nnc(C(=O)[C@H](CC(C)C)NC(=O)C2CCOCC2)o1. The number of thioether (sulfide) groups is 1. The van der Waals surface area contributed by atoms with Crippen molar-refractivity contribution in [3.8, 4) is 0 Å². The summed E-state index contributed by atoms with van der Waals surface area (Å²) in [7, 11) is 1.86. The largest absolute Gasteiger partial charge is 0.408 e. The second-order valence-corrected chi connectivity index (χ2v) is 7.81. The standard InChI is InChI=1S/C17H28N4O4S/c1-11(2)10-13(19-15(23)12-4-7-24-8-5-12)14(22)16-20-21-17(25-16)26-9-6-18-3/h11-13,18H,4-10H2,1-3H3,(H,19,23)/t13-/m0/s1. The van der Waals surface area contributed by atoms with Crippen LogP contribution in [-0.4, -0.2) is 60.5 Å². The third kappa shape index (κ3) is 6.37. The van der Waals surface area contributed by atoms with Gasteiger partial charge in [0.1, 0.15) is 0 Å². The van der Waals surface area contributed by atoms with Crippen LogP contribution in [-0.2, 0) is 9.53 Å². The zero-order valence-corrected chi connectivity index (χ0v) is 16.4. The van der Waals surface area contributed by atoms with Crippen LogP contribution in [0.4, 0.5) is 0 Å². The number of rotatable bonds is 10. The van der Waals surface area contributed by atoms with E-state index in [4.69, 9.17) is 9.15 Å². The van der Waals surface area contributed by atoms with Gasteiger partial charge in [0.15, 0.2) is 0 Å². The van der Waals surface area contributed by atoms with E-state index in [0.717, 1.165) is 12.3 Å². The minimum Gasteiger partial charge on any atom is -0.408 e. The number of aromatic nitrogens is 2. The summed E-state index contributed by atoms with van der Waals surface area (Å²) in [4.78, 5) is 25.3. The molecule has 1 aromatic heterocycles. The van der Waals surface area contributed by atoms with Crippen LogP contribution in [0, 0.1) is 11.8 Å². The van der Waals surface area contributed by atoms with E-state index in [2.05, 4.69) is 20.8 Å². The van der Waals surface area contributed by atoms with E-state index in [-0.39, 0.29) is 29.4 Å². The number of amides is 1. The van der Waals surface area contributed by atoms with Gasteiger partial charge in [-0.15, -0.1) is 10.2 Å². The average molecular weight is 385 g/mol. The minimum absolute atomic E-state index is 0.0464. The molecule has 2 rings (SSSR count). The molecule has 1 aliphatic heterocycles. The van der Waals surface area contributed by atoms with Crippen LogP contribution in [0.2, 0.25) is 0 Å². The Hall–Kier alpha value is -1.45. The lowest BCUT2D eigenvalue weighted by atomic mass is 9.96. The van der Waals surface area contributed by atoms with Crippen LogP contribution >= 0.6 is 11.8 Å². The molecule has 0 aliphatic carbocycles. The van der Waals surface area contributed by atoms with Crippen LogP contribution in [0.3, 0.4) is 0 Å². The third-order valence-electron chi connectivity index (χ3n) is 4.13. The van der Waals surface area contributed by atoms with Crippen molar-refractivity contribution in [2.45, 2.75) is 44.4 Å². The smallest absolute Gasteiger partial charge is 0.286 e. The van der Waals surface area contributed by atoms with Crippen molar-refractivity contribution in [1.29, 1.82) is 0 Å². The minimum atomic E-state index is -0.652. The summed E-state index contributed by atoms with van der Waals surface area (Å²) in [5.41, 5.74) is 0. The zero-order chi connectivity index (χ0) is 18.9. The summed E-state index contributed by atoms with van der Waals surface area (Å²) in [6, 6.07) is -0.652. The summed E-state index contributed by atoms with van der Waals surface area (Å²) >= 11 is 1.39. The molecule has 1 aromatic rings. The van der Waals surface area contributed by atoms with Gasteiger partial charge in [-0.2, -0.15) is 0 Å². The van der Waals surface area contributed by atoms with Crippen molar-refractivity contribution < 1.29 is 18.7 Å². The summed E-state index contributed by atoms with van der Waals surface area (Å²) in [6.07, 6.45) is 1.89. The van der Waals surface area contributed by atoms with Gasteiger partial charge >= 0.3 is 0 Å². The molecule has 1 saturated heterocycles. The Morgan fingerprint density at radius 2 is 2.00 bits per heavy atom. The van der Waals surface area contributed by atoms with Gasteiger partial charge in [-0.1, -0.05) is 25.6 Å². The highest BCUT2D eigenvalue weighted by Crippen LogP contribution is 2.19. The second kappa shape index (κ2) is 10.6. The maximum Gasteiger partial charge on any atom is 0.286 e. The van der Waals surface area contributed by atoms with Gasteiger partial charge in [0.2, 0.25) is 11.7 Å². The first-order valence-electron chi connectivity index (χ1n) is 9.04. The maximum atomic E-state index is 12.8. The Labute approximate surface area is 158 Å². The Bertz CT molecular complexity index is 587. The average Bonchev–Trinajstić information content (AvgIpc) is 3.10. The van der Waals surface area contributed by atoms with Gasteiger partial charge in [-0.25, -0.2) is 0 Å². The van der Waals surface area contributed by atoms with Gasteiger partial charge < -0.3 is 19.8 Å². The highest BCUT2D eigenvalue weighted by molar-refractivity contribution is 7.99. The number of carbonyl (C=O) groups excluding carboxylic acids is 2. The number of carbonyl (C=O) groups is 2. The Morgan fingerprint density at radius 3 is 2.65 bits per heavy atom. The molecule has 8 nitrogen and oxygen atoms in total. The number of ketones is 1. The topological polar surface area (TPSA) is 106 Å². The fourth-order valence-corrected chi connectivity index (χ4v) is 3.43. The van der Waals surface area contributed by atoms with Crippen molar-refractivity contribution in [2.75, 3.05) is 32.6 Å². The first-order chi connectivity index (χ1) is 12.5. The highest BCUT2D eigenvalue weighted by atomic mass is 32.2. The van der Waals surface area contributed by atoms with Crippen LogP contribution < -0.4 is 10.6 Å². The van der Waals surface area contributed by atoms with Crippen molar-refractivity contribution in [3.63, 3.8) is 0 Å². The number of ether oxygens (including phenoxy) is 1. The van der Waals surface area contributed by atoms with E-state index >= 15 is 0 Å². The summed E-state index contributed by atoms with van der Waals surface area (Å²) in [6.45, 7) is 5.98. The lowest BCUT2D eigenvalue weighted by molar-refractivity contribution is -0.128. The van der Waals surface area contributed by atoms with E-state index in [9.17, 15) is 9.59 Å². The van der Waals surface area contributed by atoms with Gasteiger partial charge in [0.25, 0.3) is 11.1 Å². The summed E-state index contributed by atoms with van der Waals surface area (Å²) < 4.78 is 10.8. The molecule has 146 valence electrons. The van der Waals surface area contributed by atoms with Crippen LogP contribution in [0.25, 0.3) is 0 Å². The van der Waals surface area contributed by atoms with Crippen LogP contribution in [0.5, 0.6) is 0 Å². The molecule has 1 amide bonds. The Morgan fingerprint density at radius 1 is 1.27 bits per heavy atom. The number of hydrogen-bond donors (Lipinski definition) is 2. The molecule has 0 radical (unpaired) electrons. The molecule has 2 heterocycles. The van der Waals surface area contributed by atoms with Crippen LogP contribution in [0.15, 0.2) is 9.64 Å². The molecule has 0 unspecified atom stereocenters. The van der Waals surface area contributed by atoms with Gasteiger partial charge in [-0.05, 0) is 32.2 Å². The normalized spacial score (nSPS) is 16.6. The molecular weight excluding hydrogens is 356 g/mol. The first kappa shape index (κ1) is 20.9. The van der Waals surface area contributed by atoms with Gasteiger partial charge in [0, 0.05) is 31.4 Å². The monoisotopic (exact) mass is 384 g/mol. The molecule has 9 heteroatoms. The van der Waals surface area contributed by atoms with Gasteiger partial charge in [0.05, 0.1) is 6.04 Å². The van der Waals surface area contributed by atoms with Crippen molar-refractivity contribution in [3.05, 3.63) is 5.89 Å². The predicted octanol–water partition coefficient (Wildman–Crippen LogP) is 1.52. The Kier molecular flexibility index (Phi) is 8.53. The number of hydrogen-bond acceptors (Lipinski definition) is 8. The second-order valence-electron chi connectivity index (χ2n) is 6.77. The quantitative estimate of drug-likeness (QED) is 0.355. The molecule has 0 aromatic carbocycles. The fourth-order valence-electron chi connectivity index (χ4n) is 2.71. The summed E-state index contributed by atoms with van der Waals surface area (Å²) in [5, 5.41) is 14.1. The molecule has 2 N–H and O–H groups in total. The number of nitrogens with one attached hydrogen (secondary N) is 2. The highest BCUT2D eigenvalue weighted by Gasteiger charge is 2.30. The van der Waals surface area contributed by atoms with E-state index in [1.807, 2.05) is 20.9 Å². The van der Waals surface area contributed by atoms with E-state index < -0.39 is 6.04 Å². The van der Waals surface area contributed by atoms with E-state index in [1.165, 1.54) is 11.8 Å². The predicted molar refractivity (Wildman–Crippen MR) is 98.2 cm³/mol. The molecule has 0 saturated carbocycles. The molecule has 1 fully saturated rings. The van der Waals surface area contributed by atoms with Crippen LogP contribution in [0.1, 0.15) is 43.8 Å². The zero-order valence-electron chi connectivity index (χ0n) is 15.6. The number of Topliss-reactive ketones (excluding diaryl/α,β-unsaturated/α-hetero) is 1. The summed E-state index contributed by atoms with van der Waals surface area (Å²) in [5.74, 6) is 0.424. The number of nitrogens with zero attached hydrogens (tertiary/aromatic N) is 2. The lowest BCUT2D eigenvalue weighted by Crippen LogP contribution is -2.45. The molecule has 1 atom stereocenters. The van der Waals surface area contributed by atoms with Crippen molar-refractivity contribution in [1.82, 2.24) is 20.8 Å². The Balaban J connectivity index is 2.00. The first-order valence-corrected chi connectivity index (χ1v) is 10.0. The van der Waals surface area contributed by atoms with E-state index in [0.29, 0.717) is 37.7 Å².